The van der Waals surface area contributed by atoms with Crippen LogP contribution in [0.1, 0.15) is 6.92 Å². The monoisotopic (exact) mass is 267 g/mol. The molecular weight excluding hydrogens is 254 g/mol. The summed E-state index contributed by atoms with van der Waals surface area (Å²) in [6.45, 7) is 1.45. The van der Waals surface area contributed by atoms with Gasteiger partial charge in [0, 0.05) is 6.92 Å². The third-order valence-electron chi connectivity index (χ3n) is 2.99. The van der Waals surface area contributed by atoms with Gasteiger partial charge in [0.2, 0.25) is 5.91 Å². The quantitative estimate of drug-likeness (QED) is 0.725. The molecule has 0 atom stereocenters. The molecule has 1 heterocycles. The summed E-state index contributed by atoms with van der Waals surface area (Å²) < 4.78 is 5.28. The Morgan fingerprint density at radius 3 is 2.40 bits per heavy atom. The Kier molecular flexibility index (Phi) is 2.95. The standard InChI is InChI=1S/C15H13N3O2/c1-9(19)16-15-13(20-2)8-7-12-14(15)18-11-6-4-3-5-10(11)17-12/h3-8H,1-2H3,(H,16,19). The average Bonchev–Trinajstić information content (AvgIpc) is 2.45. The van der Waals surface area contributed by atoms with Crippen LogP contribution >= 0.6 is 0 Å². The summed E-state index contributed by atoms with van der Waals surface area (Å²) in [5.41, 5.74) is 3.49. The van der Waals surface area contributed by atoms with Crippen LogP contribution in [0.15, 0.2) is 36.4 Å². The maximum atomic E-state index is 11.4. The molecular formula is C15H13N3O2. The number of hydrogen-bond acceptors (Lipinski definition) is 4. The fourth-order valence-corrected chi connectivity index (χ4v) is 2.14. The Bertz CT molecular complexity index is 815. The van der Waals surface area contributed by atoms with Crippen molar-refractivity contribution >= 4 is 33.7 Å². The molecule has 100 valence electrons. The molecule has 1 N–H and O–H groups in total. The Balaban J connectivity index is 2.36. The summed E-state index contributed by atoms with van der Waals surface area (Å²) in [6.07, 6.45) is 0. The van der Waals surface area contributed by atoms with Crippen LogP contribution in [0.5, 0.6) is 5.75 Å². The fraction of sp³-hybridized carbons (Fsp3) is 0.133. The average molecular weight is 267 g/mol. The van der Waals surface area contributed by atoms with E-state index in [4.69, 9.17) is 4.74 Å². The van der Waals surface area contributed by atoms with Crippen LogP contribution < -0.4 is 10.1 Å². The number of nitrogens with one attached hydrogen (secondary N) is 1. The van der Waals surface area contributed by atoms with Gasteiger partial charge in [0.05, 0.1) is 23.7 Å². The van der Waals surface area contributed by atoms with Crippen molar-refractivity contribution in [3.05, 3.63) is 36.4 Å². The molecule has 0 aliphatic carbocycles. The topological polar surface area (TPSA) is 64.1 Å². The fourth-order valence-electron chi connectivity index (χ4n) is 2.14. The second kappa shape index (κ2) is 4.77. The van der Waals surface area contributed by atoms with Gasteiger partial charge in [-0.25, -0.2) is 9.97 Å². The smallest absolute Gasteiger partial charge is 0.221 e. The molecule has 1 aromatic heterocycles. The first kappa shape index (κ1) is 12.3. The second-order valence-electron chi connectivity index (χ2n) is 4.40. The number of para-hydroxylation sites is 2. The lowest BCUT2D eigenvalue weighted by Gasteiger charge is -2.11. The van der Waals surface area contributed by atoms with Crippen molar-refractivity contribution in [2.45, 2.75) is 6.92 Å². The molecule has 1 amide bonds. The van der Waals surface area contributed by atoms with Gasteiger partial charge >= 0.3 is 0 Å². The van der Waals surface area contributed by atoms with Gasteiger partial charge in [-0.1, -0.05) is 12.1 Å². The normalized spacial score (nSPS) is 10.7. The molecule has 0 spiro atoms. The number of fused-ring (bicyclic) bond motifs is 2. The van der Waals surface area contributed by atoms with Gasteiger partial charge in [0.15, 0.2) is 0 Å². The van der Waals surface area contributed by atoms with Crippen LogP contribution in [0.4, 0.5) is 5.69 Å². The lowest BCUT2D eigenvalue weighted by Crippen LogP contribution is -2.08. The molecule has 0 aliphatic heterocycles. The van der Waals surface area contributed by atoms with Crippen LogP contribution in [-0.2, 0) is 4.79 Å². The summed E-state index contributed by atoms with van der Waals surface area (Å²) in [7, 11) is 1.56. The minimum atomic E-state index is -0.175. The van der Waals surface area contributed by atoms with Crippen molar-refractivity contribution < 1.29 is 9.53 Å². The summed E-state index contributed by atoms with van der Waals surface area (Å²) in [5.74, 6) is 0.392. The third kappa shape index (κ3) is 2.03. The van der Waals surface area contributed by atoms with E-state index in [0.29, 0.717) is 22.5 Å². The number of anilines is 1. The zero-order chi connectivity index (χ0) is 14.1. The van der Waals surface area contributed by atoms with Gasteiger partial charge in [-0.2, -0.15) is 0 Å². The lowest BCUT2D eigenvalue weighted by atomic mass is 10.2. The first-order valence-corrected chi connectivity index (χ1v) is 6.20. The minimum Gasteiger partial charge on any atom is -0.494 e. The molecule has 2 aromatic carbocycles. The summed E-state index contributed by atoms with van der Waals surface area (Å²) in [6, 6.07) is 11.2. The number of ether oxygens (including phenoxy) is 1. The van der Waals surface area contributed by atoms with Crippen LogP contribution in [0.3, 0.4) is 0 Å². The summed E-state index contributed by atoms with van der Waals surface area (Å²) in [4.78, 5) is 20.5. The molecule has 5 heteroatoms. The number of nitrogens with zero attached hydrogens (tertiary/aromatic N) is 2. The number of carbonyl (C=O) groups excluding carboxylic acids is 1. The van der Waals surface area contributed by atoms with Crippen molar-refractivity contribution in [2.24, 2.45) is 0 Å². The van der Waals surface area contributed by atoms with Crippen LogP contribution in [0.2, 0.25) is 0 Å². The number of amides is 1. The van der Waals surface area contributed by atoms with Gasteiger partial charge < -0.3 is 10.1 Å². The van der Waals surface area contributed by atoms with Crippen LogP contribution in [0.25, 0.3) is 22.1 Å². The van der Waals surface area contributed by atoms with Crippen molar-refractivity contribution in [2.75, 3.05) is 12.4 Å². The zero-order valence-corrected chi connectivity index (χ0v) is 11.2. The predicted molar refractivity (Wildman–Crippen MR) is 77.9 cm³/mol. The van der Waals surface area contributed by atoms with Crippen LogP contribution in [0, 0.1) is 0 Å². The largest absolute Gasteiger partial charge is 0.494 e. The van der Waals surface area contributed by atoms with E-state index in [1.807, 2.05) is 30.3 Å². The van der Waals surface area contributed by atoms with E-state index < -0.39 is 0 Å². The maximum Gasteiger partial charge on any atom is 0.221 e. The zero-order valence-electron chi connectivity index (χ0n) is 11.2. The predicted octanol–water partition coefficient (Wildman–Crippen LogP) is 2.75. The number of methoxy groups -OCH3 is 1. The number of carbonyl (C=O) groups is 1. The first-order valence-electron chi connectivity index (χ1n) is 6.20. The highest BCUT2D eigenvalue weighted by atomic mass is 16.5. The number of aromatic nitrogens is 2. The highest BCUT2D eigenvalue weighted by Crippen LogP contribution is 2.32. The highest BCUT2D eigenvalue weighted by molar-refractivity contribution is 6.02. The molecule has 3 aromatic rings. The third-order valence-corrected chi connectivity index (χ3v) is 2.99. The molecule has 20 heavy (non-hydrogen) atoms. The maximum absolute atomic E-state index is 11.4. The Labute approximate surface area is 115 Å². The first-order chi connectivity index (χ1) is 9.69. The van der Waals surface area contributed by atoms with E-state index >= 15 is 0 Å². The second-order valence-corrected chi connectivity index (χ2v) is 4.40. The van der Waals surface area contributed by atoms with Crippen molar-refractivity contribution in [1.82, 2.24) is 9.97 Å². The van der Waals surface area contributed by atoms with E-state index in [0.717, 1.165) is 11.0 Å². The Hall–Kier alpha value is -2.69. The highest BCUT2D eigenvalue weighted by Gasteiger charge is 2.12. The molecule has 0 saturated heterocycles. The molecule has 0 radical (unpaired) electrons. The number of benzene rings is 2. The van der Waals surface area contributed by atoms with Gasteiger partial charge in [0.25, 0.3) is 0 Å². The van der Waals surface area contributed by atoms with Crippen molar-refractivity contribution in [1.29, 1.82) is 0 Å². The molecule has 0 aliphatic rings. The lowest BCUT2D eigenvalue weighted by molar-refractivity contribution is -0.114. The SMILES string of the molecule is COc1ccc2nc3ccccc3nc2c1NC(C)=O. The van der Waals surface area contributed by atoms with E-state index in [-0.39, 0.29) is 5.91 Å². The molecule has 3 rings (SSSR count). The Morgan fingerprint density at radius 1 is 1.05 bits per heavy atom. The van der Waals surface area contributed by atoms with E-state index in [9.17, 15) is 4.79 Å². The van der Waals surface area contributed by atoms with Crippen molar-refractivity contribution in [3.8, 4) is 5.75 Å². The molecule has 0 fully saturated rings. The van der Waals surface area contributed by atoms with E-state index in [1.165, 1.54) is 6.92 Å². The molecule has 5 nitrogen and oxygen atoms in total. The van der Waals surface area contributed by atoms with E-state index in [2.05, 4.69) is 15.3 Å². The van der Waals surface area contributed by atoms with E-state index in [1.54, 1.807) is 13.2 Å². The number of hydrogen-bond donors (Lipinski definition) is 1. The van der Waals surface area contributed by atoms with Crippen molar-refractivity contribution in [3.63, 3.8) is 0 Å². The Morgan fingerprint density at radius 2 is 1.75 bits per heavy atom. The molecule has 0 unspecified atom stereocenters. The minimum absolute atomic E-state index is 0.175. The number of rotatable bonds is 2. The van der Waals surface area contributed by atoms with Gasteiger partial charge in [0.1, 0.15) is 17.0 Å². The molecule has 0 saturated carbocycles. The molecule has 0 bridgehead atoms. The van der Waals surface area contributed by atoms with Gasteiger partial charge in [-0.3, -0.25) is 4.79 Å². The summed E-state index contributed by atoms with van der Waals surface area (Å²) in [5, 5.41) is 2.77. The van der Waals surface area contributed by atoms with Crippen LogP contribution in [-0.4, -0.2) is 23.0 Å². The van der Waals surface area contributed by atoms with Gasteiger partial charge in [-0.05, 0) is 24.3 Å². The van der Waals surface area contributed by atoms with Gasteiger partial charge in [-0.15, -0.1) is 0 Å². The summed E-state index contributed by atoms with van der Waals surface area (Å²) >= 11 is 0.